The molecule has 0 unspecified atom stereocenters. The van der Waals surface area contributed by atoms with Crippen LogP contribution in [0.15, 0.2) is 0 Å². The molecule has 0 saturated carbocycles. The van der Waals surface area contributed by atoms with Gasteiger partial charge in [-0.2, -0.15) is 0 Å². The van der Waals surface area contributed by atoms with Gasteiger partial charge in [-0.1, -0.05) is 0 Å². The number of carbonyl (C=O) groups excluding carboxylic acids is 1. The van der Waals surface area contributed by atoms with Crippen LogP contribution in [0.2, 0.25) is 0 Å². The van der Waals surface area contributed by atoms with Crippen LogP contribution in [0, 0.1) is 0 Å². The highest BCUT2D eigenvalue weighted by atomic mass is 16.5. The molecule has 0 aliphatic rings. The molecule has 0 heterocycles. The molecule has 80 valence electrons. The second-order valence-corrected chi connectivity index (χ2v) is 2.61. The minimum Gasteiger partial charge on any atom is -0.481 e. The third kappa shape index (κ3) is 8.51. The van der Waals surface area contributed by atoms with Crippen LogP contribution in [-0.2, 0) is 19.1 Å². The monoisotopic (exact) mass is 204 g/mol. The van der Waals surface area contributed by atoms with Gasteiger partial charge in [0.2, 0.25) is 0 Å². The van der Waals surface area contributed by atoms with Crippen LogP contribution in [0.5, 0.6) is 0 Å². The minimum atomic E-state index is -1.06. The third-order valence-corrected chi connectivity index (χ3v) is 1.34. The Bertz CT molecular complexity index is 222. The van der Waals surface area contributed by atoms with Crippen LogP contribution in [0.4, 0.5) is 0 Å². The number of hydrogen-bond donors (Lipinski definition) is 2. The maximum Gasteiger partial charge on any atom is 0.306 e. The molecule has 0 spiro atoms. The summed E-state index contributed by atoms with van der Waals surface area (Å²) >= 11 is 0. The second kappa shape index (κ2) is 6.88. The molecule has 0 aromatic rings. The molecular formula is C8H12O6. The average Bonchev–Trinajstić information content (AvgIpc) is 2.08. The second-order valence-electron chi connectivity index (χ2n) is 2.61. The van der Waals surface area contributed by atoms with Crippen molar-refractivity contribution in [2.24, 2.45) is 0 Å². The number of esters is 1. The summed E-state index contributed by atoms with van der Waals surface area (Å²) in [7, 11) is 0. The van der Waals surface area contributed by atoms with Gasteiger partial charge in [-0.15, -0.1) is 0 Å². The highest BCUT2D eigenvalue weighted by molar-refractivity contribution is 5.76. The lowest BCUT2D eigenvalue weighted by atomic mass is 10.3. The maximum absolute atomic E-state index is 10.8. The van der Waals surface area contributed by atoms with Crippen molar-refractivity contribution in [3.8, 4) is 0 Å². The van der Waals surface area contributed by atoms with Crippen molar-refractivity contribution in [2.45, 2.75) is 25.7 Å². The van der Waals surface area contributed by atoms with Crippen LogP contribution in [0.25, 0.3) is 0 Å². The average molecular weight is 204 g/mol. The molecule has 14 heavy (non-hydrogen) atoms. The third-order valence-electron chi connectivity index (χ3n) is 1.34. The van der Waals surface area contributed by atoms with E-state index in [1.54, 1.807) is 0 Å². The summed E-state index contributed by atoms with van der Waals surface area (Å²) in [5.74, 6) is -2.63. The number of carbonyl (C=O) groups is 3. The molecule has 0 aromatic heterocycles. The Morgan fingerprint density at radius 1 is 0.929 bits per heavy atom. The van der Waals surface area contributed by atoms with Gasteiger partial charge in [0.05, 0.1) is 19.4 Å². The molecule has 0 radical (unpaired) electrons. The fourth-order valence-electron chi connectivity index (χ4n) is 0.691. The van der Waals surface area contributed by atoms with E-state index >= 15 is 0 Å². The summed E-state index contributed by atoms with van der Waals surface area (Å²) in [5, 5.41) is 16.5. The van der Waals surface area contributed by atoms with Crippen molar-refractivity contribution in [3.63, 3.8) is 0 Å². The molecule has 0 aromatic carbocycles. The van der Waals surface area contributed by atoms with Crippen molar-refractivity contribution in [2.75, 3.05) is 6.61 Å². The lowest BCUT2D eigenvalue weighted by Crippen LogP contribution is -2.09. The van der Waals surface area contributed by atoms with Gasteiger partial charge in [-0.3, -0.25) is 14.4 Å². The van der Waals surface area contributed by atoms with Gasteiger partial charge in [0, 0.05) is 6.42 Å². The number of aliphatic carboxylic acids is 2. The fraction of sp³-hybridized carbons (Fsp3) is 0.625. The van der Waals surface area contributed by atoms with Crippen molar-refractivity contribution >= 4 is 17.9 Å². The van der Waals surface area contributed by atoms with Crippen LogP contribution < -0.4 is 0 Å². The zero-order valence-electron chi connectivity index (χ0n) is 7.56. The molecule has 0 bridgehead atoms. The number of rotatable bonds is 7. The van der Waals surface area contributed by atoms with Gasteiger partial charge in [-0.05, 0) is 6.42 Å². The highest BCUT2D eigenvalue weighted by Crippen LogP contribution is 1.95. The predicted octanol–water partition coefficient (Wildman–Crippen LogP) is 0.259. The first-order valence-corrected chi connectivity index (χ1v) is 4.11. The van der Waals surface area contributed by atoms with Crippen molar-refractivity contribution in [1.29, 1.82) is 0 Å². The molecule has 2 N–H and O–H groups in total. The lowest BCUT2D eigenvalue weighted by Gasteiger charge is -2.01. The molecule has 0 aliphatic carbocycles. The van der Waals surface area contributed by atoms with E-state index in [1.807, 2.05) is 0 Å². The van der Waals surface area contributed by atoms with Crippen LogP contribution in [0.1, 0.15) is 25.7 Å². The molecule has 6 nitrogen and oxygen atoms in total. The lowest BCUT2D eigenvalue weighted by molar-refractivity contribution is -0.148. The fourth-order valence-corrected chi connectivity index (χ4v) is 0.691. The van der Waals surface area contributed by atoms with E-state index in [9.17, 15) is 14.4 Å². The smallest absolute Gasteiger partial charge is 0.306 e. The zero-order chi connectivity index (χ0) is 11.0. The SMILES string of the molecule is O=C(O)CCCOC(=O)CCC(=O)O. The predicted molar refractivity (Wildman–Crippen MR) is 44.7 cm³/mol. The summed E-state index contributed by atoms with van der Waals surface area (Å²) in [5.41, 5.74) is 0. The summed E-state index contributed by atoms with van der Waals surface area (Å²) in [6.07, 6.45) is -0.263. The summed E-state index contributed by atoms with van der Waals surface area (Å²) < 4.78 is 4.58. The van der Waals surface area contributed by atoms with Gasteiger partial charge in [-0.25, -0.2) is 0 Å². The summed E-state index contributed by atoms with van der Waals surface area (Å²) in [6, 6.07) is 0. The number of carboxylic acids is 2. The number of carboxylic acid groups (broad SMARTS) is 2. The molecule has 0 saturated heterocycles. The molecular weight excluding hydrogens is 192 g/mol. The van der Waals surface area contributed by atoms with Crippen molar-refractivity contribution in [3.05, 3.63) is 0 Å². The first-order valence-electron chi connectivity index (χ1n) is 4.11. The van der Waals surface area contributed by atoms with E-state index in [-0.39, 0.29) is 32.3 Å². The maximum atomic E-state index is 10.8. The standard InChI is InChI=1S/C8H12O6/c9-6(10)2-1-5-14-8(13)4-3-7(11)12/h1-5H2,(H,9,10)(H,11,12). The Balaban J connectivity index is 3.36. The molecule has 6 heteroatoms. The first-order chi connectivity index (χ1) is 6.52. The Morgan fingerprint density at radius 3 is 2.00 bits per heavy atom. The van der Waals surface area contributed by atoms with E-state index in [1.165, 1.54) is 0 Å². The van der Waals surface area contributed by atoms with Crippen molar-refractivity contribution < 1.29 is 29.3 Å². The van der Waals surface area contributed by atoms with Gasteiger partial charge in [0.25, 0.3) is 0 Å². The van der Waals surface area contributed by atoms with Crippen LogP contribution >= 0.6 is 0 Å². The molecule has 0 rings (SSSR count). The Kier molecular flexibility index (Phi) is 6.09. The minimum absolute atomic E-state index is 0.0186. The quantitative estimate of drug-likeness (QED) is 0.455. The first kappa shape index (κ1) is 12.4. The number of ether oxygens (including phenoxy) is 1. The van der Waals surface area contributed by atoms with Gasteiger partial charge < -0.3 is 14.9 Å². The van der Waals surface area contributed by atoms with E-state index < -0.39 is 17.9 Å². The highest BCUT2D eigenvalue weighted by Gasteiger charge is 2.06. The Morgan fingerprint density at radius 2 is 1.50 bits per heavy atom. The van der Waals surface area contributed by atoms with Gasteiger partial charge >= 0.3 is 17.9 Å². The molecule has 0 atom stereocenters. The zero-order valence-corrected chi connectivity index (χ0v) is 7.56. The molecule has 0 aliphatic heterocycles. The van der Waals surface area contributed by atoms with Gasteiger partial charge in [0.1, 0.15) is 0 Å². The van der Waals surface area contributed by atoms with E-state index in [0.29, 0.717) is 0 Å². The normalized spacial score (nSPS) is 9.43. The molecule has 0 amide bonds. The van der Waals surface area contributed by atoms with Gasteiger partial charge in [0.15, 0.2) is 0 Å². The van der Waals surface area contributed by atoms with E-state index in [0.717, 1.165) is 0 Å². The Hall–Kier alpha value is -1.59. The Labute approximate surface area is 80.5 Å². The molecule has 0 fully saturated rings. The summed E-state index contributed by atoms with van der Waals surface area (Å²) in [6.45, 7) is 0.0186. The summed E-state index contributed by atoms with van der Waals surface area (Å²) in [4.78, 5) is 30.8. The van der Waals surface area contributed by atoms with E-state index in [2.05, 4.69) is 4.74 Å². The topological polar surface area (TPSA) is 101 Å². The van der Waals surface area contributed by atoms with Crippen LogP contribution in [0.3, 0.4) is 0 Å². The van der Waals surface area contributed by atoms with Crippen molar-refractivity contribution in [1.82, 2.24) is 0 Å². The van der Waals surface area contributed by atoms with Crippen LogP contribution in [-0.4, -0.2) is 34.7 Å². The van der Waals surface area contributed by atoms with E-state index in [4.69, 9.17) is 10.2 Å². The number of hydrogen-bond acceptors (Lipinski definition) is 4. The largest absolute Gasteiger partial charge is 0.481 e.